The van der Waals surface area contributed by atoms with Gasteiger partial charge in [0.15, 0.2) is 17.2 Å². The Morgan fingerprint density at radius 1 is 0.929 bits per heavy atom. The van der Waals surface area contributed by atoms with Gasteiger partial charge in [0.05, 0.1) is 5.56 Å². The second-order valence-corrected chi connectivity index (χ2v) is 10.3. The van der Waals surface area contributed by atoms with Crippen LogP contribution in [0.25, 0.3) is 11.3 Å². The average molecular weight is 568 g/mol. The summed E-state index contributed by atoms with van der Waals surface area (Å²) in [6, 6.07) is 23.4. The molecule has 0 atom stereocenters. The van der Waals surface area contributed by atoms with E-state index in [4.69, 9.17) is 14.0 Å². The number of ether oxygens (including phenoxy) is 2. The Morgan fingerprint density at radius 3 is 2.07 bits per heavy atom. The van der Waals surface area contributed by atoms with Gasteiger partial charge in [0.1, 0.15) is 30.3 Å². The highest BCUT2D eigenvalue weighted by atomic mass is 16.5. The normalized spacial score (nSPS) is 11.1. The lowest BCUT2D eigenvalue weighted by Crippen LogP contribution is -2.25. The van der Waals surface area contributed by atoms with Gasteiger partial charge in [-0.3, -0.25) is 9.59 Å². The number of allylic oxidation sites excluding steroid dienone is 1. The van der Waals surface area contributed by atoms with Crippen molar-refractivity contribution in [3.63, 3.8) is 0 Å². The number of benzene rings is 3. The fourth-order valence-electron chi connectivity index (χ4n) is 4.32. The summed E-state index contributed by atoms with van der Waals surface area (Å²) in [5.74, 6) is 0.416. The van der Waals surface area contributed by atoms with Gasteiger partial charge in [0.25, 0.3) is 5.91 Å². The summed E-state index contributed by atoms with van der Waals surface area (Å²) in [4.78, 5) is 28.2. The molecule has 0 bridgehead atoms. The first-order chi connectivity index (χ1) is 20.3. The van der Waals surface area contributed by atoms with Crippen LogP contribution in [-0.2, 0) is 13.2 Å². The number of hydrogen-bond donors (Lipinski definition) is 1. The van der Waals surface area contributed by atoms with E-state index in [0.717, 1.165) is 16.7 Å². The molecule has 0 saturated carbocycles. The Labute approximate surface area is 246 Å². The number of carbonyl (C=O) groups excluding carboxylic acids is 2. The van der Waals surface area contributed by atoms with Crippen molar-refractivity contribution in [2.75, 3.05) is 20.6 Å². The van der Waals surface area contributed by atoms with Crippen molar-refractivity contribution in [3.8, 4) is 22.8 Å². The van der Waals surface area contributed by atoms with E-state index in [-0.39, 0.29) is 29.5 Å². The molecule has 0 spiro atoms. The lowest BCUT2D eigenvalue weighted by atomic mass is 9.95. The van der Waals surface area contributed by atoms with Crippen molar-refractivity contribution in [2.24, 2.45) is 0 Å². The molecule has 4 aromatic rings. The van der Waals surface area contributed by atoms with Crippen LogP contribution in [0.1, 0.15) is 64.2 Å². The summed E-state index contributed by atoms with van der Waals surface area (Å²) in [7, 11) is 3.61. The molecule has 8 heteroatoms. The highest BCUT2D eigenvalue weighted by Gasteiger charge is 2.30. The van der Waals surface area contributed by atoms with Crippen LogP contribution in [-0.4, -0.2) is 42.4 Å². The molecule has 1 amide bonds. The molecular formula is C34H37N3O5. The number of hydrogen-bond acceptors (Lipinski definition) is 7. The SMILES string of the molecule is CCNC(=O)c1noc(-c2cc(C(C)C)c(OCc3ccccc3)cc2OCc2ccccc2)c1C(=O)/C=C/N(C)C. The minimum Gasteiger partial charge on any atom is -0.488 e. The predicted molar refractivity (Wildman–Crippen MR) is 163 cm³/mol. The quantitative estimate of drug-likeness (QED) is 0.143. The molecule has 0 saturated heterocycles. The number of ketones is 1. The van der Waals surface area contributed by atoms with Crippen molar-refractivity contribution in [2.45, 2.75) is 39.9 Å². The smallest absolute Gasteiger partial charge is 0.274 e. The largest absolute Gasteiger partial charge is 0.488 e. The molecule has 1 N–H and O–H groups in total. The van der Waals surface area contributed by atoms with Crippen molar-refractivity contribution in [1.29, 1.82) is 0 Å². The van der Waals surface area contributed by atoms with Crippen LogP contribution in [0.3, 0.4) is 0 Å². The molecule has 42 heavy (non-hydrogen) atoms. The van der Waals surface area contributed by atoms with E-state index < -0.39 is 11.7 Å². The summed E-state index contributed by atoms with van der Waals surface area (Å²) in [5.41, 5.74) is 3.39. The van der Waals surface area contributed by atoms with Crippen LogP contribution in [0, 0.1) is 0 Å². The molecule has 218 valence electrons. The first-order valence-electron chi connectivity index (χ1n) is 14.0. The van der Waals surface area contributed by atoms with Gasteiger partial charge >= 0.3 is 0 Å². The van der Waals surface area contributed by atoms with Gasteiger partial charge < -0.3 is 24.2 Å². The Morgan fingerprint density at radius 2 is 1.52 bits per heavy atom. The minimum atomic E-state index is -0.493. The summed E-state index contributed by atoms with van der Waals surface area (Å²) >= 11 is 0. The molecule has 0 aliphatic rings. The van der Waals surface area contributed by atoms with Gasteiger partial charge in [-0.1, -0.05) is 79.7 Å². The zero-order chi connectivity index (χ0) is 30.1. The molecule has 1 heterocycles. The first-order valence-corrected chi connectivity index (χ1v) is 14.0. The fourth-order valence-corrected chi connectivity index (χ4v) is 4.32. The monoisotopic (exact) mass is 567 g/mol. The van der Waals surface area contributed by atoms with Crippen molar-refractivity contribution >= 4 is 11.7 Å². The van der Waals surface area contributed by atoms with Crippen LogP contribution >= 0.6 is 0 Å². The van der Waals surface area contributed by atoms with Crippen LogP contribution < -0.4 is 14.8 Å². The second-order valence-electron chi connectivity index (χ2n) is 10.3. The molecule has 8 nitrogen and oxygen atoms in total. The average Bonchev–Trinajstić information content (AvgIpc) is 3.44. The Kier molecular flexibility index (Phi) is 10.2. The maximum Gasteiger partial charge on any atom is 0.274 e. The van der Waals surface area contributed by atoms with Gasteiger partial charge in [-0.15, -0.1) is 0 Å². The first kappa shape index (κ1) is 30.1. The second kappa shape index (κ2) is 14.2. The third-order valence-electron chi connectivity index (χ3n) is 6.47. The molecule has 0 fully saturated rings. The topological polar surface area (TPSA) is 93.9 Å². The molecule has 1 aromatic heterocycles. The molecule has 0 aliphatic carbocycles. The zero-order valence-electron chi connectivity index (χ0n) is 24.7. The van der Waals surface area contributed by atoms with Crippen LogP contribution in [0.4, 0.5) is 0 Å². The van der Waals surface area contributed by atoms with Gasteiger partial charge in [-0.2, -0.15) is 0 Å². The molecule has 3 aromatic carbocycles. The summed E-state index contributed by atoms with van der Waals surface area (Å²) in [5, 5.41) is 6.77. The highest BCUT2D eigenvalue weighted by molar-refractivity contribution is 6.15. The van der Waals surface area contributed by atoms with Gasteiger partial charge in [0, 0.05) is 39.0 Å². The van der Waals surface area contributed by atoms with E-state index in [0.29, 0.717) is 30.2 Å². The molecule has 0 radical (unpaired) electrons. The van der Waals surface area contributed by atoms with Crippen molar-refractivity contribution in [1.82, 2.24) is 15.4 Å². The van der Waals surface area contributed by atoms with E-state index >= 15 is 0 Å². The summed E-state index contributed by atoms with van der Waals surface area (Å²) in [6.07, 6.45) is 3.01. The van der Waals surface area contributed by atoms with E-state index in [1.165, 1.54) is 6.08 Å². The lowest BCUT2D eigenvalue weighted by Gasteiger charge is -2.19. The van der Waals surface area contributed by atoms with Crippen molar-refractivity contribution < 1.29 is 23.6 Å². The minimum absolute atomic E-state index is 0.0660. The number of rotatable bonds is 13. The van der Waals surface area contributed by atoms with E-state index in [2.05, 4.69) is 24.3 Å². The number of nitrogens with zero attached hydrogens (tertiary/aromatic N) is 2. The molecule has 4 rings (SSSR count). The summed E-state index contributed by atoms with van der Waals surface area (Å²) in [6.45, 7) is 6.94. The van der Waals surface area contributed by atoms with Crippen molar-refractivity contribution in [3.05, 3.63) is 113 Å². The predicted octanol–water partition coefficient (Wildman–Crippen LogP) is 6.63. The van der Waals surface area contributed by atoms with E-state index in [1.807, 2.05) is 86.9 Å². The van der Waals surface area contributed by atoms with Gasteiger partial charge in [-0.05, 0) is 35.6 Å². The zero-order valence-corrected chi connectivity index (χ0v) is 24.7. The van der Waals surface area contributed by atoms with Crippen LogP contribution in [0.15, 0.2) is 89.6 Å². The molecular weight excluding hydrogens is 530 g/mol. The third-order valence-corrected chi connectivity index (χ3v) is 6.47. The lowest BCUT2D eigenvalue weighted by molar-refractivity contribution is 0.0937. The maximum atomic E-state index is 13.5. The maximum absolute atomic E-state index is 13.5. The standard InChI is InChI=1S/C34H37N3O5/c1-6-35-34(39)32-31(28(38)17-18-37(4)5)33(42-36-32)27-19-26(23(2)3)29(40-21-24-13-9-7-10-14-24)20-30(27)41-22-25-15-11-8-12-16-25/h7-20,23H,6,21-22H2,1-5H3,(H,35,39)/b18-17+. The van der Waals surface area contributed by atoms with E-state index in [9.17, 15) is 9.59 Å². The Bertz CT molecular complexity index is 1530. The van der Waals surface area contributed by atoms with Crippen LogP contribution in [0.5, 0.6) is 11.5 Å². The van der Waals surface area contributed by atoms with Crippen LogP contribution in [0.2, 0.25) is 0 Å². The number of carbonyl (C=O) groups is 2. The molecule has 0 unspecified atom stereocenters. The summed E-state index contributed by atoms with van der Waals surface area (Å²) < 4.78 is 18.4. The third kappa shape index (κ3) is 7.46. The highest BCUT2D eigenvalue weighted by Crippen LogP contribution is 2.42. The number of amides is 1. The Balaban J connectivity index is 1.86. The number of aromatic nitrogens is 1. The molecule has 0 aliphatic heterocycles. The van der Waals surface area contributed by atoms with Gasteiger partial charge in [0.2, 0.25) is 0 Å². The van der Waals surface area contributed by atoms with E-state index in [1.54, 1.807) is 18.0 Å². The Hall–Kier alpha value is -4.85. The van der Waals surface area contributed by atoms with Gasteiger partial charge in [-0.25, -0.2) is 0 Å². The number of nitrogens with one attached hydrogen (secondary N) is 1. The fraction of sp³-hybridized carbons (Fsp3) is 0.265.